The molecule has 0 spiro atoms. The smallest absolute Gasteiger partial charge is 0.323 e. The summed E-state index contributed by atoms with van der Waals surface area (Å²) in [6, 6.07) is -1.05. The first-order valence-electron chi connectivity index (χ1n) is 4.42. The van der Waals surface area contributed by atoms with Crippen LogP contribution in [0.3, 0.4) is 0 Å². The molecule has 1 aliphatic heterocycles. The summed E-state index contributed by atoms with van der Waals surface area (Å²) in [5.74, 6) is -2.32. The van der Waals surface area contributed by atoms with Crippen molar-refractivity contribution in [2.45, 2.75) is 12.2 Å². The highest BCUT2D eigenvalue weighted by molar-refractivity contribution is 7.99. The minimum Gasteiger partial charge on any atom is -0.323 e. The number of thioether (sulfide) groups is 1. The van der Waals surface area contributed by atoms with Crippen LogP contribution in [0.2, 0.25) is 0 Å². The number of Topliss-reactive ketones (excluding diaryl/α,β-unsaturated/α-hetero) is 1. The van der Waals surface area contributed by atoms with E-state index >= 15 is 0 Å². The Hall–Kier alpha value is -0.430. The van der Waals surface area contributed by atoms with E-state index in [1.807, 2.05) is 0 Å². The normalized spacial score (nSPS) is 22.0. The fourth-order valence-corrected chi connectivity index (χ4v) is 2.63. The van der Waals surface area contributed by atoms with Crippen LogP contribution in [-0.4, -0.2) is 52.7 Å². The largest absolute Gasteiger partial charge is 0.471 e. The number of hydrogen-bond acceptors (Lipinski definition) is 3. The summed E-state index contributed by atoms with van der Waals surface area (Å²) >= 11 is 6.63. The quantitative estimate of drug-likeness (QED) is 0.713. The van der Waals surface area contributed by atoms with Gasteiger partial charge < -0.3 is 4.90 Å². The second-order valence-electron chi connectivity index (χ2n) is 3.19. The maximum absolute atomic E-state index is 12.2. The molecule has 0 bridgehead atoms. The highest BCUT2D eigenvalue weighted by Crippen LogP contribution is 2.25. The number of halogens is 4. The average Bonchev–Trinajstić information content (AvgIpc) is 2.25. The molecule has 1 fully saturated rings. The van der Waals surface area contributed by atoms with Crippen molar-refractivity contribution in [2.24, 2.45) is 0 Å². The predicted molar refractivity (Wildman–Crippen MR) is 54.6 cm³/mol. The van der Waals surface area contributed by atoms with E-state index in [1.54, 1.807) is 0 Å². The number of alkyl halides is 4. The van der Waals surface area contributed by atoms with E-state index in [4.69, 9.17) is 11.6 Å². The maximum atomic E-state index is 12.2. The van der Waals surface area contributed by atoms with Gasteiger partial charge in [0.2, 0.25) is 0 Å². The van der Waals surface area contributed by atoms with Crippen molar-refractivity contribution in [1.29, 1.82) is 0 Å². The molecule has 16 heavy (non-hydrogen) atoms. The van der Waals surface area contributed by atoms with Crippen LogP contribution in [0.1, 0.15) is 0 Å². The fraction of sp³-hybridized carbons (Fsp3) is 0.750. The minimum absolute atomic E-state index is 0.0731. The van der Waals surface area contributed by atoms with Crippen molar-refractivity contribution in [2.75, 3.05) is 23.9 Å². The van der Waals surface area contributed by atoms with E-state index in [0.29, 0.717) is 10.7 Å². The van der Waals surface area contributed by atoms with Crippen LogP contribution < -0.4 is 0 Å². The summed E-state index contributed by atoms with van der Waals surface area (Å²) in [7, 11) is 0. The molecule has 0 saturated carbocycles. The van der Waals surface area contributed by atoms with Gasteiger partial charge in [0.25, 0.3) is 0 Å². The molecule has 0 aromatic rings. The molecule has 1 saturated heterocycles. The van der Waals surface area contributed by atoms with Gasteiger partial charge in [0.15, 0.2) is 5.78 Å². The van der Waals surface area contributed by atoms with Gasteiger partial charge in [-0.3, -0.25) is 9.59 Å². The number of amides is 1. The molecule has 0 aromatic carbocycles. The maximum Gasteiger partial charge on any atom is 0.471 e. The minimum atomic E-state index is -4.94. The molecular formula is C8H9ClF3NO2S. The van der Waals surface area contributed by atoms with Crippen LogP contribution in [0.4, 0.5) is 13.2 Å². The first-order chi connectivity index (χ1) is 7.38. The van der Waals surface area contributed by atoms with E-state index in [-0.39, 0.29) is 18.2 Å². The van der Waals surface area contributed by atoms with E-state index in [2.05, 4.69) is 0 Å². The number of ketones is 1. The molecule has 3 nitrogen and oxygen atoms in total. The van der Waals surface area contributed by atoms with Gasteiger partial charge in [-0.1, -0.05) is 0 Å². The Morgan fingerprint density at radius 1 is 1.44 bits per heavy atom. The number of hydrogen-bond donors (Lipinski definition) is 0. The van der Waals surface area contributed by atoms with Gasteiger partial charge in [-0.15, -0.1) is 11.6 Å². The lowest BCUT2D eigenvalue weighted by Gasteiger charge is -2.34. The van der Waals surface area contributed by atoms with Crippen molar-refractivity contribution in [3.63, 3.8) is 0 Å². The second-order valence-corrected chi connectivity index (χ2v) is 4.60. The Labute approximate surface area is 99.3 Å². The van der Waals surface area contributed by atoms with E-state index < -0.39 is 23.9 Å². The Morgan fingerprint density at radius 3 is 2.56 bits per heavy atom. The summed E-state index contributed by atoms with van der Waals surface area (Å²) in [5, 5.41) is 0. The van der Waals surface area contributed by atoms with Gasteiger partial charge in [-0.25, -0.2) is 0 Å². The molecule has 0 aliphatic carbocycles. The molecular weight excluding hydrogens is 267 g/mol. The molecule has 92 valence electrons. The van der Waals surface area contributed by atoms with Gasteiger partial charge in [0.1, 0.15) is 6.04 Å². The zero-order valence-electron chi connectivity index (χ0n) is 8.09. The SMILES string of the molecule is O=C(CCl)C1CSCCN1C(=O)C(F)(F)F. The third kappa shape index (κ3) is 3.04. The monoisotopic (exact) mass is 275 g/mol. The number of rotatable bonds is 2. The molecule has 0 aromatic heterocycles. The van der Waals surface area contributed by atoms with Gasteiger partial charge >= 0.3 is 12.1 Å². The third-order valence-electron chi connectivity index (χ3n) is 2.14. The van der Waals surface area contributed by atoms with Gasteiger partial charge in [-0.2, -0.15) is 24.9 Å². The van der Waals surface area contributed by atoms with Gasteiger partial charge in [0, 0.05) is 18.1 Å². The van der Waals surface area contributed by atoms with Gasteiger partial charge in [0.05, 0.1) is 5.88 Å². The van der Waals surface area contributed by atoms with Crippen LogP contribution >= 0.6 is 23.4 Å². The lowest BCUT2D eigenvalue weighted by atomic mass is 10.2. The second kappa shape index (κ2) is 5.27. The summed E-state index contributed by atoms with van der Waals surface area (Å²) < 4.78 is 36.7. The fourth-order valence-electron chi connectivity index (χ4n) is 1.37. The molecule has 0 N–H and O–H groups in total. The lowest BCUT2D eigenvalue weighted by Crippen LogP contribution is -2.54. The summed E-state index contributed by atoms with van der Waals surface area (Å²) in [5.41, 5.74) is 0. The van der Waals surface area contributed by atoms with E-state index in [0.717, 1.165) is 0 Å². The first-order valence-corrected chi connectivity index (χ1v) is 6.11. The number of carbonyl (C=O) groups excluding carboxylic acids is 2. The third-order valence-corrected chi connectivity index (χ3v) is 3.42. The Kier molecular flexibility index (Phi) is 4.49. The summed E-state index contributed by atoms with van der Waals surface area (Å²) in [4.78, 5) is 22.9. The highest BCUT2D eigenvalue weighted by atomic mass is 35.5. The first kappa shape index (κ1) is 13.6. The average molecular weight is 276 g/mol. The van der Waals surface area contributed by atoms with E-state index in [1.165, 1.54) is 11.8 Å². The van der Waals surface area contributed by atoms with Gasteiger partial charge in [-0.05, 0) is 0 Å². The molecule has 1 aliphatic rings. The lowest BCUT2D eigenvalue weighted by molar-refractivity contribution is -0.187. The summed E-state index contributed by atoms with van der Waals surface area (Å²) in [6.07, 6.45) is -4.94. The topological polar surface area (TPSA) is 37.4 Å². The molecule has 0 radical (unpaired) electrons. The van der Waals surface area contributed by atoms with Crippen LogP contribution in [-0.2, 0) is 9.59 Å². The molecule has 8 heteroatoms. The Morgan fingerprint density at radius 2 is 2.06 bits per heavy atom. The highest BCUT2D eigenvalue weighted by Gasteiger charge is 2.46. The van der Waals surface area contributed by atoms with Crippen molar-refractivity contribution < 1.29 is 22.8 Å². The van der Waals surface area contributed by atoms with Crippen molar-refractivity contribution >= 4 is 35.1 Å². The molecule has 1 unspecified atom stereocenters. The molecule has 1 rings (SSSR count). The Bertz CT molecular complexity index is 297. The number of nitrogens with zero attached hydrogens (tertiary/aromatic N) is 1. The van der Waals surface area contributed by atoms with Crippen LogP contribution in [0.25, 0.3) is 0 Å². The van der Waals surface area contributed by atoms with Crippen LogP contribution in [0.15, 0.2) is 0 Å². The van der Waals surface area contributed by atoms with Crippen molar-refractivity contribution in [3.8, 4) is 0 Å². The van der Waals surface area contributed by atoms with E-state index in [9.17, 15) is 22.8 Å². The molecule has 1 atom stereocenters. The van der Waals surface area contributed by atoms with Crippen LogP contribution in [0, 0.1) is 0 Å². The molecule has 1 amide bonds. The standard InChI is InChI=1S/C8H9ClF3NO2S/c9-3-6(14)5-4-16-2-1-13(5)7(15)8(10,11)12/h5H,1-4H2. The van der Waals surface area contributed by atoms with Crippen molar-refractivity contribution in [1.82, 2.24) is 4.90 Å². The van der Waals surface area contributed by atoms with Crippen molar-refractivity contribution in [3.05, 3.63) is 0 Å². The number of carbonyl (C=O) groups is 2. The zero-order valence-corrected chi connectivity index (χ0v) is 9.66. The Balaban J connectivity index is 2.82. The predicted octanol–water partition coefficient (Wildman–Crippen LogP) is 1.30. The molecule has 1 heterocycles. The zero-order chi connectivity index (χ0) is 12.3. The van der Waals surface area contributed by atoms with Crippen LogP contribution in [0.5, 0.6) is 0 Å². The summed E-state index contributed by atoms with van der Waals surface area (Å²) in [6.45, 7) is -0.0731.